The van der Waals surface area contributed by atoms with Gasteiger partial charge in [-0.3, -0.25) is 4.98 Å². The van der Waals surface area contributed by atoms with Crippen LogP contribution in [0.25, 0.3) is 22.4 Å². The third-order valence-corrected chi connectivity index (χ3v) is 6.62. The van der Waals surface area contributed by atoms with Crippen molar-refractivity contribution < 1.29 is 0 Å². The average molecular weight is 487 g/mol. The second kappa shape index (κ2) is 10.1. The fraction of sp³-hybridized carbons (Fsp3) is 0.423. The summed E-state index contributed by atoms with van der Waals surface area (Å²) < 4.78 is 2.09. The maximum Gasteiger partial charge on any atom is 0.229 e. The van der Waals surface area contributed by atoms with Crippen LogP contribution >= 0.6 is 0 Å². The van der Waals surface area contributed by atoms with Gasteiger partial charge in [-0.2, -0.15) is 9.97 Å². The van der Waals surface area contributed by atoms with E-state index in [0.29, 0.717) is 6.54 Å². The van der Waals surface area contributed by atoms with Gasteiger partial charge in [0, 0.05) is 51.4 Å². The smallest absolute Gasteiger partial charge is 0.229 e. The normalized spacial score (nSPS) is 14.6. The highest BCUT2D eigenvalue weighted by molar-refractivity contribution is 5.84. The van der Waals surface area contributed by atoms with E-state index in [1.165, 1.54) is 0 Å². The first-order chi connectivity index (χ1) is 17.4. The molecular weight excluding hydrogens is 452 g/mol. The zero-order chi connectivity index (χ0) is 25.2. The van der Waals surface area contributed by atoms with Gasteiger partial charge in [0.2, 0.25) is 5.95 Å². The Morgan fingerprint density at radius 2 is 1.83 bits per heavy atom. The summed E-state index contributed by atoms with van der Waals surface area (Å²) in [6, 6.07) is 8.71. The minimum atomic E-state index is 0.241. The molecule has 1 aromatic carbocycles. The van der Waals surface area contributed by atoms with Crippen molar-refractivity contribution in [3.63, 3.8) is 0 Å². The lowest BCUT2D eigenvalue weighted by Crippen LogP contribution is -2.40. The molecule has 4 heterocycles. The molecule has 3 aromatic heterocycles. The summed E-state index contributed by atoms with van der Waals surface area (Å²) in [4.78, 5) is 27.9. The molecule has 188 valence electrons. The Bertz CT molecular complexity index is 1320. The van der Waals surface area contributed by atoms with E-state index in [-0.39, 0.29) is 12.1 Å². The fourth-order valence-electron chi connectivity index (χ4n) is 4.44. The minimum absolute atomic E-state index is 0.241. The van der Waals surface area contributed by atoms with E-state index in [2.05, 4.69) is 55.7 Å². The molecule has 5 rings (SSSR count). The van der Waals surface area contributed by atoms with Crippen molar-refractivity contribution in [2.24, 2.45) is 5.73 Å². The number of imidazole rings is 1. The summed E-state index contributed by atoms with van der Waals surface area (Å²) >= 11 is 0. The highest BCUT2D eigenvalue weighted by Gasteiger charge is 2.22. The molecule has 0 amide bonds. The first-order valence-electron chi connectivity index (χ1n) is 12.5. The fourth-order valence-corrected chi connectivity index (χ4v) is 4.44. The molecule has 4 aromatic rings. The molecule has 0 atom stereocenters. The van der Waals surface area contributed by atoms with Crippen molar-refractivity contribution in [2.45, 2.75) is 45.3 Å². The van der Waals surface area contributed by atoms with Gasteiger partial charge >= 0.3 is 0 Å². The Labute approximate surface area is 211 Å². The second-order valence-electron chi connectivity index (χ2n) is 9.78. The van der Waals surface area contributed by atoms with Gasteiger partial charge in [-0.15, -0.1) is 0 Å². The molecule has 1 saturated heterocycles. The van der Waals surface area contributed by atoms with E-state index in [0.717, 1.165) is 71.5 Å². The van der Waals surface area contributed by atoms with Crippen LogP contribution in [0.15, 0.2) is 43.0 Å². The van der Waals surface area contributed by atoms with Crippen LogP contribution in [0.4, 0.5) is 17.6 Å². The van der Waals surface area contributed by atoms with Crippen LogP contribution in [0.2, 0.25) is 0 Å². The van der Waals surface area contributed by atoms with Crippen LogP contribution < -0.4 is 20.9 Å². The standard InChI is InChI=1S/C26H34N10/c1-17(2)36-16-31-23-24(32-26(33-25(23)36)35-11-9-19(27)10-12-35)30-13-18-7-5-6-8-20(18)21-14-29-22(15-28-21)34(3)4/h5-8,14-17,19H,9-13,27H2,1-4H3,(H,30,32,33). The van der Waals surface area contributed by atoms with Gasteiger partial charge in [0.15, 0.2) is 17.0 Å². The van der Waals surface area contributed by atoms with E-state index in [9.17, 15) is 0 Å². The topological polar surface area (TPSA) is 114 Å². The van der Waals surface area contributed by atoms with E-state index in [1.54, 1.807) is 6.20 Å². The molecule has 0 spiro atoms. The number of nitrogens with zero attached hydrogens (tertiary/aromatic N) is 8. The molecule has 0 unspecified atom stereocenters. The minimum Gasteiger partial charge on any atom is -0.364 e. The van der Waals surface area contributed by atoms with Gasteiger partial charge in [-0.05, 0) is 32.3 Å². The summed E-state index contributed by atoms with van der Waals surface area (Å²) in [5.74, 6) is 2.27. The Morgan fingerprint density at radius 3 is 2.53 bits per heavy atom. The monoisotopic (exact) mass is 486 g/mol. The largest absolute Gasteiger partial charge is 0.364 e. The van der Waals surface area contributed by atoms with E-state index >= 15 is 0 Å². The van der Waals surface area contributed by atoms with Crippen molar-refractivity contribution >= 4 is 28.7 Å². The molecule has 10 heteroatoms. The third-order valence-electron chi connectivity index (χ3n) is 6.62. The number of nitrogens with two attached hydrogens (primary N) is 1. The SMILES string of the molecule is CC(C)n1cnc2c(NCc3ccccc3-c3cnc(N(C)C)cn3)nc(N3CCC(N)CC3)nc21. The number of benzene rings is 1. The first-order valence-corrected chi connectivity index (χ1v) is 12.5. The molecule has 1 aliphatic rings. The first kappa shape index (κ1) is 23.9. The molecule has 0 radical (unpaired) electrons. The van der Waals surface area contributed by atoms with Gasteiger partial charge in [-0.25, -0.2) is 9.97 Å². The number of hydrogen-bond donors (Lipinski definition) is 2. The van der Waals surface area contributed by atoms with Gasteiger partial charge in [-0.1, -0.05) is 24.3 Å². The van der Waals surface area contributed by atoms with Crippen LogP contribution in [-0.2, 0) is 6.54 Å². The maximum atomic E-state index is 6.13. The Balaban J connectivity index is 1.47. The van der Waals surface area contributed by atoms with Crippen molar-refractivity contribution in [1.29, 1.82) is 0 Å². The molecule has 3 N–H and O–H groups in total. The zero-order valence-corrected chi connectivity index (χ0v) is 21.4. The van der Waals surface area contributed by atoms with Crippen LogP contribution in [0, 0.1) is 0 Å². The Kier molecular flexibility index (Phi) is 6.69. The van der Waals surface area contributed by atoms with Crippen molar-refractivity contribution in [3.8, 4) is 11.3 Å². The van der Waals surface area contributed by atoms with Gasteiger partial charge in [0.1, 0.15) is 5.82 Å². The zero-order valence-electron chi connectivity index (χ0n) is 21.4. The third kappa shape index (κ3) is 4.81. The predicted molar refractivity (Wildman–Crippen MR) is 144 cm³/mol. The highest BCUT2D eigenvalue weighted by atomic mass is 15.3. The summed E-state index contributed by atoms with van der Waals surface area (Å²) in [6.07, 6.45) is 7.34. The second-order valence-corrected chi connectivity index (χ2v) is 9.78. The molecule has 0 aliphatic carbocycles. The summed E-state index contributed by atoms with van der Waals surface area (Å²) in [6.45, 7) is 6.54. The molecule has 1 aliphatic heterocycles. The number of nitrogens with one attached hydrogen (secondary N) is 1. The van der Waals surface area contributed by atoms with E-state index < -0.39 is 0 Å². The lowest BCUT2D eigenvalue weighted by Gasteiger charge is -2.30. The van der Waals surface area contributed by atoms with Crippen molar-refractivity contribution in [3.05, 3.63) is 48.5 Å². The number of aromatic nitrogens is 6. The lowest BCUT2D eigenvalue weighted by atomic mass is 10.0. The molecule has 0 saturated carbocycles. The van der Waals surface area contributed by atoms with Crippen molar-refractivity contribution in [2.75, 3.05) is 42.3 Å². The van der Waals surface area contributed by atoms with Crippen LogP contribution in [0.3, 0.4) is 0 Å². The Hall–Kier alpha value is -3.79. The van der Waals surface area contributed by atoms with Gasteiger partial charge in [0.05, 0.1) is 24.4 Å². The molecule has 0 bridgehead atoms. The summed E-state index contributed by atoms with van der Waals surface area (Å²) in [5, 5.41) is 3.55. The lowest BCUT2D eigenvalue weighted by molar-refractivity contribution is 0.495. The highest BCUT2D eigenvalue weighted by Crippen LogP contribution is 2.28. The van der Waals surface area contributed by atoms with Crippen LogP contribution in [0.5, 0.6) is 0 Å². The number of anilines is 3. The van der Waals surface area contributed by atoms with Gasteiger partial charge in [0.25, 0.3) is 0 Å². The molecule has 1 fully saturated rings. The number of fused-ring (bicyclic) bond motifs is 1. The van der Waals surface area contributed by atoms with Gasteiger partial charge < -0.3 is 25.4 Å². The predicted octanol–water partition coefficient (Wildman–Crippen LogP) is 3.47. The van der Waals surface area contributed by atoms with Crippen LogP contribution in [-0.4, -0.2) is 62.7 Å². The van der Waals surface area contributed by atoms with Crippen molar-refractivity contribution in [1.82, 2.24) is 29.5 Å². The van der Waals surface area contributed by atoms with E-state index in [4.69, 9.17) is 15.7 Å². The average Bonchev–Trinajstić information content (AvgIpc) is 3.32. The van der Waals surface area contributed by atoms with Crippen LogP contribution in [0.1, 0.15) is 38.3 Å². The number of hydrogen-bond acceptors (Lipinski definition) is 9. The number of piperidine rings is 1. The molecule has 10 nitrogen and oxygen atoms in total. The summed E-state index contributed by atoms with van der Waals surface area (Å²) in [5.41, 5.74) is 10.7. The van der Waals surface area contributed by atoms with E-state index in [1.807, 2.05) is 43.7 Å². The molecule has 36 heavy (non-hydrogen) atoms. The Morgan fingerprint density at radius 1 is 1.06 bits per heavy atom. The maximum absolute atomic E-state index is 6.13. The summed E-state index contributed by atoms with van der Waals surface area (Å²) in [7, 11) is 3.91. The number of rotatable bonds is 7. The quantitative estimate of drug-likeness (QED) is 0.405. The molecular formula is C26H34N10.